The zero-order chi connectivity index (χ0) is 8.32. The van der Waals surface area contributed by atoms with Crippen LogP contribution in [0.3, 0.4) is 0 Å². The maximum atomic E-state index is 8.52. The molecule has 11 heavy (non-hydrogen) atoms. The standard InChI is InChI=1S/C8H14N2O/c1-8(10,5-9)6-11-4-7-2-3-7/h7H,2-4,6,10H2,1H3. The topological polar surface area (TPSA) is 59.0 Å². The number of nitriles is 1. The number of nitrogens with two attached hydrogens (primary N) is 1. The minimum absolute atomic E-state index is 0.347. The highest BCUT2D eigenvalue weighted by atomic mass is 16.5. The molecule has 2 N–H and O–H groups in total. The molecular formula is C8H14N2O. The molecule has 1 fully saturated rings. The van der Waals surface area contributed by atoms with Gasteiger partial charge in [-0.25, -0.2) is 0 Å². The van der Waals surface area contributed by atoms with Crippen LogP contribution in [0.15, 0.2) is 0 Å². The van der Waals surface area contributed by atoms with Gasteiger partial charge in [0, 0.05) is 6.61 Å². The summed E-state index contributed by atoms with van der Waals surface area (Å²) in [6.07, 6.45) is 2.54. The van der Waals surface area contributed by atoms with Crippen molar-refractivity contribution in [1.29, 1.82) is 5.26 Å². The maximum Gasteiger partial charge on any atom is 0.124 e. The van der Waals surface area contributed by atoms with Crippen molar-refractivity contribution in [3.05, 3.63) is 0 Å². The van der Waals surface area contributed by atoms with E-state index in [1.54, 1.807) is 6.92 Å². The van der Waals surface area contributed by atoms with Gasteiger partial charge in [0.25, 0.3) is 0 Å². The smallest absolute Gasteiger partial charge is 0.124 e. The monoisotopic (exact) mass is 154 g/mol. The van der Waals surface area contributed by atoms with Crippen LogP contribution in [0.25, 0.3) is 0 Å². The summed E-state index contributed by atoms with van der Waals surface area (Å²) in [4.78, 5) is 0. The molecule has 1 rings (SSSR count). The lowest BCUT2D eigenvalue weighted by Gasteiger charge is -2.14. The highest BCUT2D eigenvalue weighted by Crippen LogP contribution is 2.28. The van der Waals surface area contributed by atoms with E-state index >= 15 is 0 Å². The van der Waals surface area contributed by atoms with Gasteiger partial charge in [-0.2, -0.15) is 5.26 Å². The second-order valence-corrected chi connectivity index (χ2v) is 3.49. The lowest BCUT2D eigenvalue weighted by Crippen LogP contribution is -2.39. The van der Waals surface area contributed by atoms with E-state index in [1.807, 2.05) is 6.07 Å². The van der Waals surface area contributed by atoms with E-state index in [9.17, 15) is 0 Å². The van der Waals surface area contributed by atoms with Crippen LogP contribution in [0.2, 0.25) is 0 Å². The summed E-state index contributed by atoms with van der Waals surface area (Å²) in [5.74, 6) is 0.740. The van der Waals surface area contributed by atoms with Gasteiger partial charge in [-0.1, -0.05) is 0 Å². The summed E-state index contributed by atoms with van der Waals surface area (Å²) in [5.41, 5.74) is 4.73. The fourth-order valence-corrected chi connectivity index (χ4v) is 0.754. The van der Waals surface area contributed by atoms with Crippen LogP contribution in [-0.4, -0.2) is 18.8 Å². The molecular weight excluding hydrogens is 140 g/mol. The number of hydrogen-bond donors (Lipinski definition) is 1. The second kappa shape index (κ2) is 3.21. The van der Waals surface area contributed by atoms with Crippen LogP contribution < -0.4 is 5.73 Å². The van der Waals surface area contributed by atoms with E-state index in [-0.39, 0.29) is 0 Å². The fourth-order valence-electron chi connectivity index (χ4n) is 0.754. The molecule has 0 aliphatic heterocycles. The van der Waals surface area contributed by atoms with Crippen molar-refractivity contribution in [2.45, 2.75) is 25.3 Å². The normalized spacial score (nSPS) is 22.3. The molecule has 0 amide bonds. The molecule has 0 saturated heterocycles. The number of rotatable bonds is 4. The molecule has 3 nitrogen and oxygen atoms in total. The molecule has 3 heteroatoms. The van der Waals surface area contributed by atoms with Crippen LogP contribution in [-0.2, 0) is 4.74 Å². The van der Waals surface area contributed by atoms with Crippen molar-refractivity contribution in [1.82, 2.24) is 0 Å². The molecule has 0 radical (unpaired) electrons. The van der Waals surface area contributed by atoms with Crippen molar-refractivity contribution in [3.8, 4) is 6.07 Å². The molecule has 0 aromatic carbocycles. The minimum Gasteiger partial charge on any atom is -0.378 e. The first-order valence-corrected chi connectivity index (χ1v) is 3.92. The summed E-state index contributed by atoms with van der Waals surface area (Å²) in [7, 11) is 0. The Bertz CT molecular complexity index is 167. The van der Waals surface area contributed by atoms with E-state index < -0.39 is 5.54 Å². The summed E-state index contributed by atoms with van der Waals surface area (Å²) >= 11 is 0. The summed E-state index contributed by atoms with van der Waals surface area (Å²) in [6.45, 7) is 2.80. The van der Waals surface area contributed by atoms with E-state index in [4.69, 9.17) is 15.7 Å². The van der Waals surface area contributed by atoms with Crippen molar-refractivity contribution in [3.63, 3.8) is 0 Å². The predicted molar refractivity (Wildman–Crippen MR) is 41.7 cm³/mol. The maximum absolute atomic E-state index is 8.52. The third-order valence-electron chi connectivity index (χ3n) is 1.71. The minimum atomic E-state index is -0.811. The lowest BCUT2D eigenvalue weighted by molar-refractivity contribution is 0.0994. The first-order chi connectivity index (χ1) is 5.14. The van der Waals surface area contributed by atoms with Gasteiger partial charge in [-0.3, -0.25) is 0 Å². The highest BCUT2D eigenvalue weighted by Gasteiger charge is 2.23. The van der Waals surface area contributed by atoms with Crippen LogP contribution >= 0.6 is 0 Å². The Morgan fingerprint density at radius 2 is 2.36 bits per heavy atom. The Balaban J connectivity index is 2.05. The second-order valence-electron chi connectivity index (χ2n) is 3.49. The first-order valence-electron chi connectivity index (χ1n) is 3.92. The van der Waals surface area contributed by atoms with Crippen molar-refractivity contribution >= 4 is 0 Å². The molecule has 0 heterocycles. The molecule has 0 aromatic rings. The van der Waals surface area contributed by atoms with Crippen LogP contribution in [0.1, 0.15) is 19.8 Å². The average Bonchev–Trinajstić information content (AvgIpc) is 2.71. The van der Waals surface area contributed by atoms with Crippen LogP contribution in [0.4, 0.5) is 0 Å². The van der Waals surface area contributed by atoms with E-state index in [2.05, 4.69) is 0 Å². The molecule has 62 valence electrons. The van der Waals surface area contributed by atoms with Gasteiger partial charge in [0.2, 0.25) is 0 Å². The first kappa shape index (κ1) is 8.51. The summed E-state index contributed by atoms with van der Waals surface area (Å²) < 4.78 is 5.27. The Hall–Kier alpha value is -0.590. The van der Waals surface area contributed by atoms with Gasteiger partial charge in [0.15, 0.2) is 0 Å². The van der Waals surface area contributed by atoms with Gasteiger partial charge in [0.05, 0.1) is 12.7 Å². The fraction of sp³-hybridized carbons (Fsp3) is 0.875. The Labute approximate surface area is 67.1 Å². The van der Waals surface area contributed by atoms with Gasteiger partial charge in [-0.05, 0) is 25.7 Å². The average molecular weight is 154 g/mol. The van der Waals surface area contributed by atoms with Gasteiger partial charge >= 0.3 is 0 Å². The third-order valence-corrected chi connectivity index (χ3v) is 1.71. The quantitative estimate of drug-likeness (QED) is 0.647. The summed E-state index contributed by atoms with van der Waals surface area (Å²) in [6, 6.07) is 1.99. The Kier molecular flexibility index (Phi) is 2.48. The molecule has 1 unspecified atom stereocenters. The van der Waals surface area contributed by atoms with Crippen LogP contribution in [0.5, 0.6) is 0 Å². The van der Waals surface area contributed by atoms with E-state index in [0.717, 1.165) is 12.5 Å². The summed E-state index contributed by atoms with van der Waals surface area (Å²) in [5, 5.41) is 8.52. The predicted octanol–water partition coefficient (Wildman–Crippen LogP) is 0.654. The molecule has 1 atom stereocenters. The zero-order valence-corrected chi connectivity index (χ0v) is 6.84. The number of nitrogens with zero attached hydrogens (tertiary/aromatic N) is 1. The largest absolute Gasteiger partial charge is 0.378 e. The van der Waals surface area contributed by atoms with E-state index in [1.165, 1.54) is 12.8 Å². The lowest BCUT2D eigenvalue weighted by atomic mass is 10.1. The molecule has 1 aliphatic carbocycles. The Morgan fingerprint density at radius 3 is 2.82 bits per heavy atom. The number of ether oxygens (including phenoxy) is 1. The Morgan fingerprint density at radius 1 is 1.73 bits per heavy atom. The van der Waals surface area contributed by atoms with Gasteiger partial charge in [0.1, 0.15) is 5.54 Å². The molecule has 0 aromatic heterocycles. The SMILES string of the molecule is CC(N)(C#N)COCC1CC1. The molecule has 0 spiro atoms. The van der Waals surface area contributed by atoms with Gasteiger partial charge in [-0.15, -0.1) is 0 Å². The molecule has 0 bridgehead atoms. The van der Waals surface area contributed by atoms with Gasteiger partial charge < -0.3 is 10.5 Å². The van der Waals surface area contributed by atoms with Crippen LogP contribution in [0, 0.1) is 17.2 Å². The van der Waals surface area contributed by atoms with Crippen molar-refractivity contribution < 1.29 is 4.74 Å². The highest BCUT2D eigenvalue weighted by molar-refractivity contribution is 5.00. The third kappa shape index (κ3) is 3.35. The van der Waals surface area contributed by atoms with Crippen molar-refractivity contribution in [2.75, 3.05) is 13.2 Å². The molecule has 1 saturated carbocycles. The zero-order valence-electron chi connectivity index (χ0n) is 6.84. The molecule has 1 aliphatic rings. The van der Waals surface area contributed by atoms with Crippen molar-refractivity contribution in [2.24, 2.45) is 11.7 Å². The van der Waals surface area contributed by atoms with E-state index in [0.29, 0.717) is 6.61 Å². The number of hydrogen-bond acceptors (Lipinski definition) is 3.